The van der Waals surface area contributed by atoms with Gasteiger partial charge in [-0.1, -0.05) is 66.2 Å². The average molecular weight is 396 g/mol. The van der Waals surface area contributed by atoms with Crippen LogP contribution in [0.15, 0.2) is 72.9 Å². The molecule has 1 unspecified atom stereocenters. The Morgan fingerprint density at radius 3 is 2.67 bits per heavy atom. The van der Waals surface area contributed by atoms with Crippen molar-refractivity contribution in [3.05, 3.63) is 78.5 Å². The molecule has 0 spiro atoms. The van der Waals surface area contributed by atoms with Gasteiger partial charge in [0.25, 0.3) is 5.91 Å². The van der Waals surface area contributed by atoms with Crippen LogP contribution in [0.3, 0.4) is 0 Å². The third-order valence-corrected chi connectivity index (χ3v) is 5.44. The first-order chi connectivity index (χ1) is 14.6. The molecule has 2 N–H and O–H groups in total. The van der Waals surface area contributed by atoms with Gasteiger partial charge in [0.15, 0.2) is 0 Å². The summed E-state index contributed by atoms with van der Waals surface area (Å²) in [5.41, 5.74) is 3.72. The van der Waals surface area contributed by atoms with Gasteiger partial charge in [-0.25, -0.2) is 4.68 Å². The number of anilines is 2. The first-order valence-corrected chi connectivity index (χ1v) is 9.83. The van der Waals surface area contributed by atoms with Crippen LogP contribution >= 0.6 is 0 Å². The lowest BCUT2D eigenvalue weighted by Gasteiger charge is -2.11. The number of nitrogens with zero attached hydrogens (tertiary/aromatic N) is 2. The van der Waals surface area contributed by atoms with Crippen molar-refractivity contribution >= 4 is 34.1 Å². The third kappa shape index (κ3) is 3.12. The van der Waals surface area contributed by atoms with Gasteiger partial charge < -0.3 is 10.6 Å². The summed E-state index contributed by atoms with van der Waals surface area (Å²) in [5.74, 6) is 0.179. The molecule has 148 valence electrons. The molecule has 4 aromatic rings. The van der Waals surface area contributed by atoms with Crippen LogP contribution in [0.2, 0.25) is 0 Å². The maximum absolute atomic E-state index is 12.7. The van der Waals surface area contributed by atoms with Crippen LogP contribution < -0.4 is 10.6 Å². The minimum Gasteiger partial charge on any atom is -0.325 e. The van der Waals surface area contributed by atoms with E-state index in [1.807, 2.05) is 73.7 Å². The first-order valence-electron chi connectivity index (χ1n) is 9.83. The molecular formula is C24H20N4O2. The van der Waals surface area contributed by atoms with Gasteiger partial charge in [0, 0.05) is 16.6 Å². The zero-order valence-electron chi connectivity index (χ0n) is 16.4. The minimum absolute atomic E-state index is 0.0110. The summed E-state index contributed by atoms with van der Waals surface area (Å²) in [5, 5.41) is 12.2. The van der Waals surface area contributed by atoms with E-state index < -0.39 is 6.04 Å². The molecule has 0 aliphatic carbocycles. The Kier molecular flexibility index (Phi) is 4.32. The van der Waals surface area contributed by atoms with E-state index >= 15 is 0 Å². The van der Waals surface area contributed by atoms with Crippen molar-refractivity contribution in [1.29, 1.82) is 0 Å². The number of hydrogen-bond donors (Lipinski definition) is 2. The van der Waals surface area contributed by atoms with Crippen LogP contribution in [-0.4, -0.2) is 21.6 Å². The summed E-state index contributed by atoms with van der Waals surface area (Å²) in [6, 6.07) is 21.0. The van der Waals surface area contributed by atoms with Crippen LogP contribution in [0.5, 0.6) is 0 Å². The Bertz CT molecular complexity index is 1270. The fourth-order valence-electron chi connectivity index (χ4n) is 3.87. The Morgan fingerprint density at radius 1 is 1.07 bits per heavy atom. The summed E-state index contributed by atoms with van der Waals surface area (Å²) in [7, 11) is 0. The predicted octanol–water partition coefficient (Wildman–Crippen LogP) is 4.53. The molecule has 2 amide bonds. The van der Waals surface area contributed by atoms with Gasteiger partial charge in [0.05, 0.1) is 12.6 Å². The second-order valence-corrected chi connectivity index (χ2v) is 7.50. The molecule has 6 heteroatoms. The van der Waals surface area contributed by atoms with E-state index in [9.17, 15) is 9.59 Å². The molecule has 6 nitrogen and oxygen atoms in total. The molecule has 1 aliphatic heterocycles. The van der Waals surface area contributed by atoms with Crippen molar-refractivity contribution in [2.24, 2.45) is 0 Å². The standard InChI is InChI=1S/C24H20N4O2/c1-15-9-11-17(12-10-15)19-14-25-28-21(24(30)27-23(19)28)13-22(29)26-20-8-4-6-16-5-2-3-7-18(16)20/h2-12,14,21H,13H2,1H3,(H,26,29)(H,27,30). The summed E-state index contributed by atoms with van der Waals surface area (Å²) in [6.45, 7) is 2.03. The molecular weight excluding hydrogens is 376 g/mol. The SMILES string of the molecule is Cc1ccc(-c2cnn3c2NC(=O)C3CC(=O)Nc2cccc3ccccc23)cc1. The molecule has 30 heavy (non-hydrogen) atoms. The predicted molar refractivity (Wildman–Crippen MR) is 117 cm³/mol. The maximum atomic E-state index is 12.7. The lowest BCUT2D eigenvalue weighted by molar-refractivity contribution is -0.123. The van der Waals surface area contributed by atoms with Gasteiger partial charge in [0.1, 0.15) is 11.9 Å². The lowest BCUT2D eigenvalue weighted by atomic mass is 10.1. The van der Waals surface area contributed by atoms with E-state index in [1.165, 1.54) is 0 Å². The van der Waals surface area contributed by atoms with Gasteiger partial charge in [-0.15, -0.1) is 0 Å². The Balaban J connectivity index is 1.38. The number of aryl methyl sites for hydroxylation is 1. The quantitative estimate of drug-likeness (QED) is 0.532. The Morgan fingerprint density at radius 2 is 1.83 bits per heavy atom. The highest BCUT2D eigenvalue weighted by Gasteiger charge is 2.35. The zero-order valence-corrected chi connectivity index (χ0v) is 16.4. The van der Waals surface area contributed by atoms with E-state index in [0.29, 0.717) is 5.82 Å². The highest BCUT2D eigenvalue weighted by atomic mass is 16.2. The van der Waals surface area contributed by atoms with Gasteiger partial charge in [-0.05, 0) is 23.9 Å². The van der Waals surface area contributed by atoms with E-state index in [1.54, 1.807) is 10.9 Å². The summed E-state index contributed by atoms with van der Waals surface area (Å²) < 4.78 is 1.61. The molecule has 3 aromatic carbocycles. The molecule has 0 radical (unpaired) electrons. The fourth-order valence-corrected chi connectivity index (χ4v) is 3.87. The maximum Gasteiger partial charge on any atom is 0.251 e. The first kappa shape index (κ1) is 18.1. The van der Waals surface area contributed by atoms with Crippen molar-refractivity contribution < 1.29 is 9.59 Å². The van der Waals surface area contributed by atoms with Gasteiger partial charge in [-0.2, -0.15) is 5.10 Å². The average Bonchev–Trinajstić information content (AvgIpc) is 3.28. The van der Waals surface area contributed by atoms with E-state index in [-0.39, 0.29) is 18.2 Å². The molecule has 1 aromatic heterocycles. The van der Waals surface area contributed by atoms with Crippen molar-refractivity contribution in [3.8, 4) is 11.1 Å². The van der Waals surface area contributed by atoms with Crippen molar-refractivity contribution in [2.45, 2.75) is 19.4 Å². The van der Waals surface area contributed by atoms with Crippen LogP contribution in [-0.2, 0) is 9.59 Å². The van der Waals surface area contributed by atoms with E-state index in [4.69, 9.17) is 0 Å². The number of amides is 2. The number of carbonyl (C=O) groups excluding carboxylic acids is 2. The molecule has 5 rings (SSSR count). The molecule has 1 aliphatic rings. The van der Waals surface area contributed by atoms with Gasteiger partial charge in [-0.3, -0.25) is 9.59 Å². The monoisotopic (exact) mass is 396 g/mol. The molecule has 0 saturated carbocycles. The van der Waals surface area contributed by atoms with E-state index in [2.05, 4.69) is 15.7 Å². The molecule has 2 heterocycles. The van der Waals surface area contributed by atoms with Crippen LogP contribution in [0.1, 0.15) is 18.0 Å². The second-order valence-electron chi connectivity index (χ2n) is 7.50. The lowest BCUT2D eigenvalue weighted by Crippen LogP contribution is -2.23. The van der Waals surface area contributed by atoms with Crippen LogP contribution in [0.4, 0.5) is 11.5 Å². The fraction of sp³-hybridized carbons (Fsp3) is 0.125. The highest BCUT2D eigenvalue weighted by molar-refractivity contribution is 6.06. The van der Waals surface area contributed by atoms with Gasteiger partial charge in [0.2, 0.25) is 5.91 Å². The van der Waals surface area contributed by atoms with Gasteiger partial charge >= 0.3 is 0 Å². The van der Waals surface area contributed by atoms with Crippen LogP contribution in [0, 0.1) is 6.92 Å². The number of fused-ring (bicyclic) bond motifs is 2. The number of nitrogens with one attached hydrogen (secondary N) is 2. The van der Waals surface area contributed by atoms with E-state index in [0.717, 1.165) is 33.2 Å². The Hall–Kier alpha value is -3.93. The second kappa shape index (κ2) is 7.15. The summed E-state index contributed by atoms with van der Waals surface area (Å²) in [6.07, 6.45) is 1.74. The number of hydrogen-bond acceptors (Lipinski definition) is 3. The summed E-state index contributed by atoms with van der Waals surface area (Å²) in [4.78, 5) is 25.3. The molecule has 0 bridgehead atoms. The summed E-state index contributed by atoms with van der Waals surface area (Å²) >= 11 is 0. The van der Waals surface area contributed by atoms with Crippen molar-refractivity contribution in [3.63, 3.8) is 0 Å². The smallest absolute Gasteiger partial charge is 0.251 e. The van der Waals surface area contributed by atoms with Crippen molar-refractivity contribution in [2.75, 3.05) is 10.6 Å². The topological polar surface area (TPSA) is 76.0 Å². The minimum atomic E-state index is -0.672. The molecule has 1 atom stereocenters. The highest BCUT2D eigenvalue weighted by Crippen LogP contribution is 2.36. The normalized spacial score (nSPS) is 15.1. The number of carbonyl (C=O) groups is 2. The molecule has 0 saturated heterocycles. The largest absolute Gasteiger partial charge is 0.325 e. The Labute approximate surface area is 173 Å². The third-order valence-electron chi connectivity index (χ3n) is 5.44. The van der Waals surface area contributed by atoms with Crippen LogP contribution in [0.25, 0.3) is 21.9 Å². The number of rotatable bonds is 4. The molecule has 0 fully saturated rings. The number of aromatic nitrogens is 2. The van der Waals surface area contributed by atoms with Crippen molar-refractivity contribution in [1.82, 2.24) is 9.78 Å². The zero-order chi connectivity index (χ0) is 20.7. The number of benzene rings is 3.